The van der Waals surface area contributed by atoms with Crippen molar-refractivity contribution < 1.29 is 14.3 Å². The van der Waals surface area contributed by atoms with Gasteiger partial charge >= 0.3 is 0 Å². The van der Waals surface area contributed by atoms with E-state index in [0.717, 1.165) is 17.1 Å². The van der Waals surface area contributed by atoms with Crippen molar-refractivity contribution in [3.63, 3.8) is 0 Å². The minimum atomic E-state index is 0.0392. The number of amides is 1. The van der Waals surface area contributed by atoms with Gasteiger partial charge in [0.25, 0.3) is 0 Å². The lowest BCUT2D eigenvalue weighted by atomic mass is 10.1. The van der Waals surface area contributed by atoms with Crippen LogP contribution in [0.25, 0.3) is 0 Å². The maximum absolute atomic E-state index is 12.0. The number of ether oxygens (including phenoxy) is 2. The molecule has 0 radical (unpaired) electrons. The Morgan fingerprint density at radius 2 is 2.27 bits per heavy atom. The van der Waals surface area contributed by atoms with Crippen molar-refractivity contribution in [2.24, 2.45) is 0 Å². The van der Waals surface area contributed by atoms with E-state index in [1.165, 1.54) is 0 Å². The fourth-order valence-electron chi connectivity index (χ4n) is 2.44. The van der Waals surface area contributed by atoms with E-state index < -0.39 is 0 Å². The van der Waals surface area contributed by atoms with Crippen molar-refractivity contribution in [3.05, 3.63) is 42.2 Å². The maximum atomic E-state index is 12.0. The van der Waals surface area contributed by atoms with E-state index in [1.54, 1.807) is 6.20 Å². The number of carbonyl (C=O) groups is 1. The van der Waals surface area contributed by atoms with E-state index >= 15 is 0 Å². The summed E-state index contributed by atoms with van der Waals surface area (Å²) in [6, 6.07) is 7.70. The van der Waals surface area contributed by atoms with E-state index in [0.29, 0.717) is 19.4 Å². The van der Waals surface area contributed by atoms with Gasteiger partial charge in [0.15, 0.2) is 11.5 Å². The third kappa shape index (κ3) is 3.58. The van der Waals surface area contributed by atoms with Crippen LogP contribution in [0.4, 0.5) is 0 Å². The van der Waals surface area contributed by atoms with Gasteiger partial charge in [-0.15, -0.1) is 0 Å². The van der Waals surface area contributed by atoms with E-state index in [-0.39, 0.29) is 18.7 Å². The van der Waals surface area contributed by atoms with Gasteiger partial charge in [-0.05, 0) is 37.1 Å². The zero-order valence-electron chi connectivity index (χ0n) is 12.5. The molecule has 116 valence electrons. The Bertz CT molecular complexity index is 640. The minimum Gasteiger partial charge on any atom is -0.454 e. The predicted octanol–water partition coefficient (Wildman–Crippen LogP) is 1.75. The molecular weight excluding hydrogens is 282 g/mol. The average molecular weight is 301 g/mol. The molecule has 0 spiro atoms. The van der Waals surface area contributed by atoms with Gasteiger partial charge in [0.1, 0.15) is 0 Å². The largest absolute Gasteiger partial charge is 0.454 e. The molecule has 1 aromatic heterocycles. The molecule has 0 fully saturated rings. The highest BCUT2D eigenvalue weighted by molar-refractivity contribution is 5.76. The predicted molar refractivity (Wildman–Crippen MR) is 80.7 cm³/mol. The van der Waals surface area contributed by atoms with Gasteiger partial charge < -0.3 is 14.8 Å². The van der Waals surface area contributed by atoms with E-state index in [1.807, 2.05) is 42.1 Å². The van der Waals surface area contributed by atoms with E-state index in [2.05, 4.69) is 10.4 Å². The summed E-state index contributed by atoms with van der Waals surface area (Å²) in [6.07, 6.45) is 4.74. The molecule has 1 amide bonds. The van der Waals surface area contributed by atoms with Crippen LogP contribution in [0.2, 0.25) is 0 Å². The summed E-state index contributed by atoms with van der Waals surface area (Å²) in [4.78, 5) is 12.0. The van der Waals surface area contributed by atoms with Crippen molar-refractivity contribution in [1.82, 2.24) is 15.1 Å². The highest BCUT2D eigenvalue weighted by Gasteiger charge is 2.14. The van der Waals surface area contributed by atoms with Gasteiger partial charge in [0, 0.05) is 24.9 Å². The first-order valence-electron chi connectivity index (χ1n) is 7.36. The Kier molecular flexibility index (Phi) is 4.27. The summed E-state index contributed by atoms with van der Waals surface area (Å²) in [5.41, 5.74) is 1.07. The van der Waals surface area contributed by atoms with Crippen LogP contribution in [0.5, 0.6) is 11.5 Å². The van der Waals surface area contributed by atoms with Gasteiger partial charge in [-0.3, -0.25) is 9.48 Å². The molecule has 6 heteroatoms. The van der Waals surface area contributed by atoms with Crippen LogP contribution >= 0.6 is 0 Å². The molecule has 1 aliphatic rings. The molecule has 0 unspecified atom stereocenters. The molecule has 6 nitrogen and oxygen atoms in total. The maximum Gasteiger partial charge on any atom is 0.231 e. The van der Waals surface area contributed by atoms with Crippen molar-refractivity contribution in [1.29, 1.82) is 0 Å². The van der Waals surface area contributed by atoms with E-state index in [4.69, 9.17) is 9.47 Å². The molecular formula is C16H19N3O3. The van der Waals surface area contributed by atoms with Gasteiger partial charge in [-0.25, -0.2) is 0 Å². The second-order valence-electron chi connectivity index (χ2n) is 5.38. The molecule has 3 rings (SSSR count). The molecule has 1 aliphatic heterocycles. The lowest BCUT2D eigenvalue weighted by Gasteiger charge is -2.14. The van der Waals surface area contributed by atoms with Crippen LogP contribution in [0.15, 0.2) is 36.7 Å². The van der Waals surface area contributed by atoms with Gasteiger partial charge in [-0.2, -0.15) is 5.10 Å². The number of aromatic nitrogens is 2. The number of nitrogens with zero attached hydrogens (tertiary/aromatic N) is 2. The standard InChI is InChI=1S/C16H19N3O3/c1-12(10-19-8-2-7-17-19)18-16(20)6-4-13-3-5-14-15(9-13)22-11-21-14/h2-3,5,7-9,12H,4,6,10-11H2,1H3,(H,18,20)/t12-/m0/s1. The Balaban J connectivity index is 1.46. The topological polar surface area (TPSA) is 65.4 Å². The summed E-state index contributed by atoms with van der Waals surface area (Å²) >= 11 is 0. The lowest BCUT2D eigenvalue weighted by Crippen LogP contribution is -2.35. The van der Waals surface area contributed by atoms with E-state index in [9.17, 15) is 4.79 Å². The number of carbonyl (C=O) groups excluding carboxylic acids is 1. The van der Waals surface area contributed by atoms with Crippen LogP contribution in [0, 0.1) is 0 Å². The zero-order valence-corrected chi connectivity index (χ0v) is 12.5. The first-order chi connectivity index (χ1) is 10.7. The van der Waals surface area contributed by atoms with Crippen LogP contribution in [-0.4, -0.2) is 28.5 Å². The number of nitrogens with one attached hydrogen (secondary N) is 1. The lowest BCUT2D eigenvalue weighted by molar-refractivity contribution is -0.121. The van der Waals surface area contributed by atoms with Crippen molar-refractivity contribution >= 4 is 5.91 Å². The Morgan fingerprint density at radius 3 is 3.09 bits per heavy atom. The molecule has 0 saturated carbocycles. The number of aryl methyl sites for hydroxylation is 1. The number of fused-ring (bicyclic) bond motifs is 1. The Hall–Kier alpha value is -2.50. The van der Waals surface area contributed by atoms with Gasteiger partial charge in [0.05, 0.1) is 6.54 Å². The fourth-order valence-corrected chi connectivity index (χ4v) is 2.44. The first-order valence-corrected chi connectivity index (χ1v) is 7.36. The highest BCUT2D eigenvalue weighted by Crippen LogP contribution is 2.32. The SMILES string of the molecule is C[C@@H](Cn1cccn1)NC(=O)CCc1ccc2c(c1)OCO2. The number of benzene rings is 1. The number of hydrogen-bond donors (Lipinski definition) is 1. The highest BCUT2D eigenvalue weighted by atomic mass is 16.7. The minimum absolute atomic E-state index is 0.0392. The van der Waals surface area contributed by atoms with Crippen LogP contribution in [0.1, 0.15) is 18.9 Å². The molecule has 0 aliphatic carbocycles. The van der Waals surface area contributed by atoms with Crippen LogP contribution < -0.4 is 14.8 Å². The molecule has 0 bridgehead atoms. The normalized spacial score (nSPS) is 13.9. The molecule has 2 aromatic rings. The van der Waals surface area contributed by atoms with Gasteiger partial charge in [-0.1, -0.05) is 6.07 Å². The average Bonchev–Trinajstić information content (AvgIpc) is 3.15. The molecule has 1 aromatic carbocycles. The van der Waals surface area contributed by atoms with Gasteiger partial charge in [0.2, 0.25) is 12.7 Å². The van der Waals surface area contributed by atoms with Crippen molar-refractivity contribution in [2.45, 2.75) is 32.4 Å². The molecule has 0 saturated heterocycles. The summed E-state index contributed by atoms with van der Waals surface area (Å²) in [5, 5.41) is 7.11. The summed E-state index contributed by atoms with van der Waals surface area (Å²) in [7, 11) is 0. The third-order valence-electron chi connectivity index (χ3n) is 3.51. The van der Waals surface area contributed by atoms with Crippen molar-refractivity contribution in [3.8, 4) is 11.5 Å². The monoisotopic (exact) mass is 301 g/mol. The molecule has 1 atom stereocenters. The second kappa shape index (κ2) is 6.51. The summed E-state index contributed by atoms with van der Waals surface area (Å²) in [5.74, 6) is 1.56. The summed E-state index contributed by atoms with van der Waals surface area (Å²) < 4.78 is 12.4. The quantitative estimate of drug-likeness (QED) is 0.883. The molecule has 1 N–H and O–H groups in total. The third-order valence-corrected chi connectivity index (χ3v) is 3.51. The fraction of sp³-hybridized carbons (Fsp3) is 0.375. The summed E-state index contributed by atoms with van der Waals surface area (Å²) in [6.45, 7) is 2.91. The molecule has 22 heavy (non-hydrogen) atoms. The Morgan fingerprint density at radius 1 is 1.41 bits per heavy atom. The smallest absolute Gasteiger partial charge is 0.231 e. The number of rotatable bonds is 6. The first kappa shape index (κ1) is 14.4. The van der Waals surface area contributed by atoms with Crippen LogP contribution in [0.3, 0.4) is 0 Å². The van der Waals surface area contributed by atoms with Crippen molar-refractivity contribution in [2.75, 3.05) is 6.79 Å². The number of hydrogen-bond acceptors (Lipinski definition) is 4. The second-order valence-corrected chi connectivity index (χ2v) is 5.38. The van der Waals surface area contributed by atoms with Crippen LogP contribution in [-0.2, 0) is 17.8 Å². The zero-order chi connectivity index (χ0) is 15.4. The Labute approximate surface area is 129 Å². The molecule has 2 heterocycles.